The fourth-order valence-corrected chi connectivity index (χ4v) is 3.88. The average Bonchev–Trinajstić information content (AvgIpc) is 3.37. The molecule has 2 aliphatic rings. The molecule has 0 saturated carbocycles. The summed E-state index contributed by atoms with van der Waals surface area (Å²) in [5.74, 6) is -0.457. The van der Waals surface area contributed by atoms with E-state index in [0.29, 0.717) is 23.6 Å². The van der Waals surface area contributed by atoms with Crippen LogP contribution in [0.2, 0.25) is 0 Å². The maximum atomic E-state index is 12.9. The monoisotopic (exact) mass is 442 g/mol. The highest BCUT2D eigenvalue weighted by Crippen LogP contribution is 2.33. The number of rotatable bonds is 8. The number of esters is 1. The molecule has 3 rings (SSSR count). The SMILES string of the molecule is COC(=O)C1=C(C)N(C(C)C)C(=O)/C1=C\c1ccc(OCC(=O)NC[C@@H]2CCCO2)cc1. The molecule has 1 aromatic carbocycles. The Kier molecular flexibility index (Phi) is 7.69. The molecule has 2 aliphatic heterocycles. The Bertz CT molecular complexity index is 926. The normalized spacial score (nSPS) is 19.8. The van der Waals surface area contributed by atoms with Crippen molar-refractivity contribution in [1.82, 2.24) is 10.2 Å². The number of hydrogen-bond donors (Lipinski definition) is 1. The number of methoxy groups -OCH3 is 1. The van der Waals surface area contributed by atoms with Gasteiger partial charge in [0.2, 0.25) is 0 Å². The highest BCUT2D eigenvalue weighted by atomic mass is 16.5. The van der Waals surface area contributed by atoms with Crippen molar-refractivity contribution in [1.29, 1.82) is 0 Å². The minimum absolute atomic E-state index is 0.0868. The molecule has 1 atom stereocenters. The van der Waals surface area contributed by atoms with Crippen LogP contribution < -0.4 is 10.1 Å². The molecule has 0 aliphatic carbocycles. The maximum Gasteiger partial charge on any atom is 0.340 e. The molecule has 0 aromatic heterocycles. The van der Waals surface area contributed by atoms with E-state index in [0.717, 1.165) is 25.0 Å². The van der Waals surface area contributed by atoms with Crippen molar-refractivity contribution in [2.24, 2.45) is 0 Å². The van der Waals surface area contributed by atoms with Gasteiger partial charge in [0, 0.05) is 24.9 Å². The van der Waals surface area contributed by atoms with Crippen molar-refractivity contribution in [2.75, 3.05) is 26.9 Å². The summed E-state index contributed by atoms with van der Waals surface area (Å²) in [6.07, 6.45) is 3.74. The molecule has 1 fully saturated rings. The Morgan fingerprint density at radius 2 is 2.00 bits per heavy atom. The average molecular weight is 443 g/mol. The summed E-state index contributed by atoms with van der Waals surface area (Å²) >= 11 is 0. The maximum absolute atomic E-state index is 12.9. The van der Waals surface area contributed by atoms with Crippen LogP contribution in [0.4, 0.5) is 0 Å². The van der Waals surface area contributed by atoms with Crippen LogP contribution in [0.1, 0.15) is 39.2 Å². The molecule has 172 valence electrons. The van der Waals surface area contributed by atoms with Gasteiger partial charge in [-0.25, -0.2) is 4.79 Å². The Morgan fingerprint density at radius 1 is 1.28 bits per heavy atom. The number of benzene rings is 1. The van der Waals surface area contributed by atoms with Crippen molar-refractivity contribution in [3.8, 4) is 5.75 Å². The summed E-state index contributed by atoms with van der Waals surface area (Å²) in [7, 11) is 1.30. The van der Waals surface area contributed by atoms with E-state index < -0.39 is 5.97 Å². The molecule has 2 amide bonds. The minimum Gasteiger partial charge on any atom is -0.484 e. The first kappa shape index (κ1) is 23.5. The summed E-state index contributed by atoms with van der Waals surface area (Å²) in [6.45, 7) is 6.67. The molecule has 1 aromatic rings. The third-order valence-corrected chi connectivity index (χ3v) is 5.46. The lowest BCUT2D eigenvalue weighted by Crippen LogP contribution is -2.35. The highest BCUT2D eigenvalue weighted by Gasteiger charge is 2.38. The van der Waals surface area contributed by atoms with Gasteiger partial charge < -0.3 is 24.4 Å². The number of nitrogens with one attached hydrogen (secondary N) is 1. The number of hydrogen-bond acceptors (Lipinski definition) is 6. The molecule has 1 saturated heterocycles. The van der Waals surface area contributed by atoms with Gasteiger partial charge in [0.05, 0.1) is 24.4 Å². The van der Waals surface area contributed by atoms with Crippen molar-refractivity contribution in [3.05, 3.63) is 46.7 Å². The zero-order chi connectivity index (χ0) is 23.3. The number of carbonyl (C=O) groups excluding carboxylic acids is 3. The molecule has 1 N–H and O–H groups in total. The van der Waals surface area contributed by atoms with Gasteiger partial charge in [-0.15, -0.1) is 0 Å². The molecule has 0 spiro atoms. The van der Waals surface area contributed by atoms with E-state index in [1.807, 2.05) is 13.8 Å². The lowest BCUT2D eigenvalue weighted by Gasteiger charge is -2.22. The predicted octanol–water partition coefficient (Wildman–Crippen LogP) is 2.44. The van der Waals surface area contributed by atoms with Crippen LogP contribution in [0.5, 0.6) is 5.75 Å². The van der Waals surface area contributed by atoms with E-state index >= 15 is 0 Å². The van der Waals surface area contributed by atoms with Gasteiger partial charge in [-0.3, -0.25) is 9.59 Å². The lowest BCUT2D eigenvalue weighted by molar-refractivity contribution is -0.136. The topological polar surface area (TPSA) is 94.2 Å². The second-order valence-electron chi connectivity index (χ2n) is 8.08. The Morgan fingerprint density at radius 3 is 2.59 bits per heavy atom. The van der Waals surface area contributed by atoms with Gasteiger partial charge >= 0.3 is 5.97 Å². The molecule has 32 heavy (non-hydrogen) atoms. The van der Waals surface area contributed by atoms with Gasteiger partial charge in [-0.05, 0) is 57.4 Å². The lowest BCUT2D eigenvalue weighted by atomic mass is 10.0. The Hall–Kier alpha value is -3.13. The zero-order valence-corrected chi connectivity index (χ0v) is 19.0. The third kappa shape index (κ3) is 5.37. The number of amides is 2. The number of ether oxygens (including phenoxy) is 3. The van der Waals surface area contributed by atoms with Crippen LogP contribution in [0.25, 0.3) is 6.08 Å². The molecule has 8 heteroatoms. The van der Waals surface area contributed by atoms with E-state index in [2.05, 4.69) is 5.32 Å². The molecule has 0 bridgehead atoms. The fraction of sp³-hybridized carbons (Fsp3) is 0.458. The second-order valence-corrected chi connectivity index (χ2v) is 8.08. The van der Waals surface area contributed by atoms with Crippen molar-refractivity contribution < 1.29 is 28.6 Å². The molecule has 0 unspecified atom stereocenters. The molecule has 2 heterocycles. The van der Waals surface area contributed by atoms with Crippen LogP contribution in [0.15, 0.2) is 41.1 Å². The van der Waals surface area contributed by atoms with Gasteiger partial charge in [0.15, 0.2) is 6.61 Å². The van der Waals surface area contributed by atoms with Crippen molar-refractivity contribution >= 4 is 23.9 Å². The Balaban J connectivity index is 1.65. The standard InChI is InChI=1S/C24H30N2O6/c1-15(2)26-16(3)22(24(29)30-4)20(23(26)28)12-17-7-9-18(10-8-17)32-14-21(27)25-13-19-6-5-11-31-19/h7-10,12,15,19H,5-6,11,13-14H2,1-4H3,(H,25,27)/b20-12-/t19-/m0/s1. The van der Waals surface area contributed by atoms with E-state index in [-0.39, 0.29) is 36.1 Å². The second kappa shape index (κ2) is 10.5. The molecular weight excluding hydrogens is 412 g/mol. The van der Waals surface area contributed by atoms with Crippen LogP contribution in [-0.4, -0.2) is 61.7 Å². The van der Waals surface area contributed by atoms with Gasteiger partial charge in [0.1, 0.15) is 5.75 Å². The van der Waals surface area contributed by atoms with E-state index in [4.69, 9.17) is 14.2 Å². The van der Waals surface area contributed by atoms with E-state index in [1.54, 1.807) is 42.2 Å². The summed E-state index contributed by atoms with van der Waals surface area (Å²) in [5.41, 5.74) is 1.88. The highest BCUT2D eigenvalue weighted by molar-refractivity contribution is 6.16. The quantitative estimate of drug-likeness (QED) is 0.491. The Labute approximate surface area is 188 Å². The molecule has 8 nitrogen and oxygen atoms in total. The first-order chi connectivity index (χ1) is 15.3. The van der Waals surface area contributed by atoms with Gasteiger partial charge in [-0.1, -0.05) is 12.1 Å². The third-order valence-electron chi connectivity index (χ3n) is 5.46. The first-order valence-corrected chi connectivity index (χ1v) is 10.8. The largest absolute Gasteiger partial charge is 0.484 e. The summed E-state index contributed by atoms with van der Waals surface area (Å²) in [6, 6.07) is 6.88. The van der Waals surface area contributed by atoms with Gasteiger partial charge in [0.25, 0.3) is 11.8 Å². The summed E-state index contributed by atoms with van der Waals surface area (Å²) < 4.78 is 15.9. The van der Waals surface area contributed by atoms with Crippen LogP contribution in [0.3, 0.4) is 0 Å². The molecular formula is C24H30N2O6. The van der Waals surface area contributed by atoms with Crippen LogP contribution in [0, 0.1) is 0 Å². The van der Waals surface area contributed by atoms with E-state index in [9.17, 15) is 14.4 Å². The van der Waals surface area contributed by atoms with Crippen LogP contribution in [-0.2, 0) is 23.9 Å². The smallest absolute Gasteiger partial charge is 0.340 e. The van der Waals surface area contributed by atoms with E-state index in [1.165, 1.54) is 7.11 Å². The number of allylic oxidation sites excluding steroid dienone is 1. The zero-order valence-electron chi connectivity index (χ0n) is 19.0. The number of nitrogens with zero attached hydrogens (tertiary/aromatic N) is 1. The predicted molar refractivity (Wildman–Crippen MR) is 119 cm³/mol. The van der Waals surface area contributed by atoms with Crippen LogP contribution >= 0.6 is 0 Å². The van der Waals surface area contributed by atoms with Crippen molar-refractivity contribution in [3.63, 3.8) is 0 Å². The molecule has 0 radical (unpaired) electrons. The number of carbonyl (C=O) groups is 3. The van der Waals surface area contributed by atoms with Gasteiger partial charge in [-0.2, -0.15) is 0 Å². The van der Waals surface area contributed by atoms with Crippen molar-refractivity contribution in [2.45, 2.75) is 45.8 Å². The summed E-state index contributed by atoms with van der Waals surface area (Å²) in [4.78, 5) is 38.8. The minimum atomic E-state index is -0.542. The first-order valence-electron chi connectivity index (χ1n) is 10.8. The fourth-order valence-electron chi connectivity index (χ4n) is 3.88. The summed E-state index contributed by atoms with van der Waals surface area (Å²) in [5, 5.41) is 2.81.